The summed E-state index contributed by atoms with van der Waals surface area (Å²) >= 11 is 0. The first kappa shape index (κ1) is 15.9. The number of piperazine rings is 1. The van der Waals surface area contributed by atoms with Crippen LogP contribution in [0.2, 0.25) is 0 Å². The number of hydrogen-bond donors (Lipinski definition) is 3. The van der Waals surface area contributed by atoms with Crippen LogP contribution in [0.1, 0.15) is 6.92 Å². The van der Waals surface area contributed by atoms with Crippen LogP contribution in [0.3, 0.4) is 0 Å². The first-order valence-electron chi connectivity index (χ1n) is 6.83. The number of carbonyl (C=O) groups excluding carboxylic acids is 1. The summed E-state index contributed by atoms with van der Waals surface area (Å²) in [7, 11) is -1.48. The Morgan fingerprint density at radius 1 is 1.19 bits per heavy atom. The molecule has 1 aromatic rings. The third-order valence-electron chi connectivity index (χ3n) is 3.35. The lowest BCUT2D eigenvalue weighted by atomic mass is 10.3. The third-order valence-corrected chi connectivity index (χ3v) is 4.74. The van der Waals surface area contributed by atoms with Crippen molar-refractivity contribution in [3.63, 3.8) is 0 Å². The van der Waals surface area contributed by atoms with Crippen molar-refractivity contribution in [1.82, 2.24) is 9.84 Å². The number of nitrogens with zero attached hydrogens (tertiary/aromatic N) is 1. The number of likely N-dealkylation sites (N-methyl/N-ethyl adjacent to an activating group) is 1. The van der Waals surface area contributed by atoms with E-state index in [1.807, 2.05) is 0 Å². The van der Waals surface area contributed by atoms with Crippen molar-refractivity contribution in [2.24, 2.45) is 0 Å². The lowest BCUT2D eigenvalue weighted by Gasteiger charge is -2.29. The van der Waals surface area contributed by atoms with Crippen LogP contribution in [0, 0.1) is 0 Å². The van der Waals surface area contributed by atoms with Gasteiger partial charge in [-0.2, -0.15) is 0 Å². The standard InChI is InChI=1S/C13H20N4O3S/c1-11(18)14-12-3-5-13(6-4-12)21(19,20)15-17-9-7-16(2)8-10-17/h3-6,15H,7-10H2,1-2H3,(H,14,18)/p+1. The number of sulfonamides is 1. The Kier molecular flexibility index (Phi) is 4.94. The Morgan fingerprint density at radius 2 is 1.76 bits per heavy atom. The van der Waals surface area contributed by atoms with E-state index >= 15 is 0 Å². The maximum Gasteiger partial charge on any atom is 0.253 e. The molecular weight excluding hydrogens is 292 g/mol. The number of carbonyl (C=O) groups is 1. The van der Waals surface area contributed by atoms with Crippen molar-refractivity contribution < 1.29 is 18.1 Å². The van der Waals surface area contributed by atoms with Crippen LogP contribution in [-0.2, 0) is 14.8 Å². The van der Waals surface area contributed by atoms with Crippen molar-refractivity contribution in [2.45, 2.75) is 11.8 Å². The van der Waals surface area contributed by atoms with Gasteiger partial charge >= 0.3 is 0 Å². The summed E-state index contributed by atoms with van der Waals surface area (Å²) < 4.78 is 24.5. The monoisotopic (exact) mass is 313 g/mol. The molecule has 0 spiro atoms. The molecule has 0 saturated carbocycles. The molecule has 3 N–H and O–H groups in total. The fraction of sp³-hybridized carbons (Fsp3) is 0.462. The molecule has 2 rings (SSSR count). The Balaban J connectivity index is 2.03. The molecule has 0 radical (unpaired) electrons. The highest BCUT2D eigenvalue weighted by Gasteiger charge is 2.22. The normalized spacial score (nSPS) is 17.6. The van der Waals surface area contributed by atoms with Gasteiger partial charge in [0.1, 0.15) is 0 Å². The molecule has 0 unspecified atom stereocenters. The van der Waals surface area contributed by atoms with E-state index in [0.717, 1.165) is 13.1 Å². The quantitative estimate of drug-likeness (QED) is 0.643. The van der Waals surface area contributed by atoms with Gasteiger partial charge in [0.05, 0.1) is 38.1 Å². The maximum atomic E-state index is 12.3. The second-order valence-electron chi connectivity index (χ2n) is 5.24. The molecule has 1 heterocycles. The lowest BCUT2D eigenvalue weighted by Crippen LogP contribution is -3.12. The van der Waals surface area contributed by atoms with Gasteiger partial charge in [0, 0.05) is 12.6 Å². The lowest BCUT2D eigenvalue weighted by molar-refractivity contribution is -0.884. The van der Waals surface area contributed by atoms with Gasteiger partial charge < -0.3 is 10.2 Å². The van der Waals surface area contributed by atoms with Crippen LogP contribution in [0.25, 0.3) is 0 Å². The number of quaternary nitrogens is 1. The van der Waals surface area contributed by atoms with Crippen LogP contribution in [0.4, 0.5) is 5.69 Å². The molecular formula is C13H21N4O3S+. The molecule has 7 nitrogen and oxygen atoms in total. The highest BCUT2D eigenvalue weighted by Crippen LogP contribution is 2.14. The zero-order valence-corrected chi connectivity index (χ0v) is 13.0. The summed E-state index contributed by atoms with van der Waals surface area (Å²) in [5.74, 6) is -0.191. The number of nitrogens with one attached hydrogen (secondary N) is 3. The summed E-state index contributed by atoms with van der Waals surface area (Å²) in [6.07, 6.45) is 0. The number of hydrazine groups is 1. The smallest absolute Gasteiger partial charge is 0.253 e. The fourth-order valence-electron chi connectivity index (χ4n) is 2.12. The molecule has 21 heavy (non-hydrogen) atoms. The molecule has 116 valence electrons. The topological polar surface area (TPSA) is 82.9 Å². The van der Waals surface area contributed by atoms with Gasteiger partial charge in [-0.1, -0.05) is 0 Å². The zero-order chi connectivity index (χ0) is 15.5. The number of anilines is 1. The highest BCUT2D eigenvalue weighted by molar-refractivity contribution is 7.89. The molecule has 0 bridgehead atoms. The van der Waals surface area contributed by atoms with E-state index in [4.69, 9.17) is 0 Å². The molecule has 1 saturated heterocycles. The molecule has 0 aromatic heterocycles. The highest BCUT2D eigenvalue weighted by atomic mass is 32.2. The van der Waals surface area contributed by atoms with Crippen molar-refractivity contribution in [2.75, 3.05) is 38.5 Å². The van der Waals surface area contributed by atoms with Crippen LogP contribution < -0.4 is 15.0 Å². The maximum absolute atomic E-state index is 12.3. The second kappa shape index (κ2) is 6.52. The van der Waals surface area contributed by atoms with E-state index in [0.29, 0.717) is 18.8 Å². The van der Waals surface area contributed by atoms with Crippen LogP contribution in [0.15, 0.2) is 29.2 Å². The SMILES string of the molecule is CC(=O)Nc1ccc(S(=O)(=O)NN2CC[NH+](C)CC2)cc1. The van der Waals surface area contributed by atoms with Crippen molar-refractivity contribution >= 4 is 21.6 Å². The molecule has 1 aliphatic rings. The van der Waals surface area contributed by atoms with Gasteiger partial charge in [-0.3, -0.25) is 4.79 Å². The first-order valence-corrected chi connectivity index (χ1v) is 8.31. The molecule has 1 fully saturated rings. The van der Waals surface area contributed by atoms with E-state index in [1.165, 1.54) is 24.0 Å². The zero-order valence-electron chi connectivity index (χ0n) is 12.2. The molecule has 0 aliphatic carbocycles. The number of amides is 1. The van der Waals surface area contributed by atoms with E-state index in [1.54, 1.807) is 17.1 Å². The molecule has 1 amide bonds. The number of benzene rings is 1. The van der Waals surface area contributed by atoms with Crippen molar-refractivity contribution in [1.29, 1.82) is 0 Å². The van der Waals surface area contributed by atoms with Gasteiger partial charge in [0.2, 0.25) is 5.91 Å². The Labute approximate surface area is 124 Å². The van der Waals surface area contributed by atoms with Gasteiger partial charge in [-0.25, -0.2) is 13.4 Å². The Hall–Kier alpha value is -1.48. The second-order valence-corrected chi connectivity index (χ2v) is 6.91. The van der Waals surface area contributed by atoms with Crippen molar-refractivity contribution in [3.05, 3.63) is 24.3 Å². The van der Waals surface area contributed by atoms with Gasteiger partial charge in [-0.15, -0.1) is 4.83 Å². The van der Waals surface area contributed by atoms with Crippen LogP contribution in [-0.4, -0.2) is 52.6 Å². The van der Waals surface area contributed by atoms with Crippen molar-refractivity contribution in [3.8, 4) is 0 Å². The fourth-order valence-corrected chi connectivity index (χ4v) is 3.25. The third kappa shape index (κ3) is 4.50. The van der Waals surface area contributed by atoms with Gasteiger partial charge in [-0.05, 0) is 24.3 Å². The number of rotatable bonds is 4. The molecule has 8 heteroatoms. The van der Waals surface area contributed by atoms with E-state index < -0.39 is 10.0 Å². The van der Waals surface area contributed by atoms with Gasteiger partial charge in [0.25, 0.3) is 10.0 Å². The van der Waals surface area contributed by atoms with Crippen LogP contribution >= 0.6 is 0 Å². The number of hydrogen-bond acceptors (Lipinski definition) is 4. The molecule has 0 atom stereocenters. The summed E-state index contributed by atoms with van der Waals surface area (Å²) in [6.45, 7) is 4.60. The van der Waals surface area contributed by atoms with E-state index in [-0.39, 0.29) is 10.8 Å². The largest absolute Gasteiger partial charge is 0.335 e. The van der Waals surface area contributed by atoms with E-state index in [9.17, 15) is 13.2 Å². The van der Waals surface area contributed by atoms with E-state index in [2.05, 4.69) is 17.2 Å². The minimum absolute atomic E-state index is 0.183. The summed E-state index contributed by atoms with van der Waals surface area (Å²) in [5, 5.41) is 4.33. The minimum Gasteiger partial charge on any atom is -0.335 e. The Bertz CT molecular complexity index is 592. The Morgan fingerprint density at radius 3 is 2.29 bits per heavy atom. The first-order chi connectivity index (χ1) is 9.87. The minimum atomic E-state index is -3.57. The summed E-state index contributed by atoms with van der Waals surface area (Å²) in [6, 6.07) is 6.11. The molecule has 1 aliphatic heterocycles. The predicted molar refractivity (Wildman–Crippen MR) is 79.3 cm³/mol. The summed E-state index contributed by atoms with van der Waals surface area (Å²) in [5.41, 5.74) is 0.574. The predicted octanol–water partition coefficient (Wildman–Crippen LogP) is -1.33. The summed E-state index contributed by atoms with van der Waals surface area (Å²) in [4.78, 5) is 15.1. The van der Waals surface area contributed by atoms with Gasteiger partial charge in [0.15, 0.2) is 0 Å². The average Bonchev–Trinajstić information content (AvgIpc) is 2.41. The van der Waals surface area contributed by atoms with Crippen LogP contribution in [0.5, 0.6) is 0 Å². The molecule has 1 aromatic carbocycles. The average molecular weight is 313 g/mol.